The highest BCUT2D eigenvalue weighted by molar-refractivity contribution is 6.09. The Labute approximate surface area is 136 Å². The molecule has 2 N–H and O–H groups in total. The molecule has 0 aromatic heterocycles. The van der Waals surface area contributed by atoms with Crippen LogP contribution in [0.2, 0.25) is 0 Å². The number of carbonyl (C=O) groups excluding carboxylic acids is 3. The molecule has 4 amide bonds. The first-order valence-electron chi connectivity index (χ1n) is 7.72. The van der Waals surface area contributed by atoms with Gasteiger partial charge in [-0.05, 0) is 38.3 Å². The lowest BCUT2D eigenvalue weighted by Crippen LogP contribution is -2.45. The van der Waals surface area contributed by atoms with E-state index in [0.29, 0.717) is 12.1 Å². The molecular weight excluding hydrogens is 294 g/mol. The summed E-state index contributed by atoms with van der Waals surface area (Å²) in [6.45, 7) is 7.33. The Morgan fingerprint density at radius 3 is 2.43 bits per heavy atom. The summed E-state index contributed by atoms with van der Waals surface area (Å²) in [4.78, 5) is 37.6. The minimum Gasteiger partial charge on any atom is -0.325 e. The van der Waals surface area contributed by atoms with Crippen molar-refractivity contribution in [1.29, 1.82) is 0 Å². The maximum atomic E-state index is 12.5. The molecule has 1 atom stereocenters. The SMILES string of the molecule is Cc1ccc(NC(=O)CN2C(=O)NC(C)(CC(C)C)C2=O)cc1. The van der Waals surface area contributed by atoms with E-state index in [1.165, 1.54) is 0 Å². The molecule has 6 heteroatoms. The third-order valence-electron chi connectivity index (χ3n) is 3.80. The summed E-state index contributed by atoms with van der Waals surface area (Å²) in [6, 6.07) is 6.80. The Morgan fingerprint density at radius 2 is 1.87 bits per heavy atom. The van der Waals surface area contributed by atoms with Gasteiger partial charge in [-0.25, -0.2) is 4.79 Å². The van der Waals surface area contributed by atoms with Crippen LogP contribution in [0, 0.1) is 12.8 Å². The lowest BCUT2D eigenvalue weighted by atomic mass is 9.91. The Bertz CT molecular complexity index is 624. The Morgan fingerprint density at radius 1 is 1.26 bits per heavy atom. The van der Waals surface area contributed by atoms with Crippen LogP contribution in [0.25, 0.3) is 0 Å². The average molecular weight is 317 g/mol. The van der Waals surface area contributed by atoms with E-state index < -0.39 is 17.5 Å². The van der Waals surface area contributed by atoms with Crippen LogP contribution in [0.1, 0.15) is 32.8 Å². The van der Waals surface area contributed by atoms with Crippen molar-refractivity contribution in [3.8, 4) is 0 Å². The highest BCUT2D eigenvalue weighted by atomic mass is 16.2. The van der Waals surface area contributed by atoms with Crippen molar-refractivity contribution in [1.82, 2.24) is 10.2 Å². The average Bonchev–Trinajstić information content (AvgIpc) is 2.64. The second kappa shape index (κ2) is 6.40. The first kappa shape index (κ1) is 17.0. The standard InChI is InChI=1S/C17H23N3O3/c1-11(2)9-17(4)15(22)20(16(23)19-17)10-14(21)18-13-7-5-12(3)6-8-13/h5-8,11H,9-10H2,1-4H3,(H,18,21)(H,19,23). The molecule has 1 saturated heterocycles. The molecule has 1 fully saturated rings. The highest BCUT2D eigenvalue weighted by Crippen LogP contribution is 2.24. The van der Waals surface area contributed by atoms with Gasteiger partial charge in [0.2, 0.25) is 5.91 Å². The number of anilines is 1. The van der Waals surface area contributed by atoms with Crippen LogP contribution >= 0.6 is 0 Å². The third kappa shape index (κ3) is 3.88. The molecule has 1 unspecified atom stereocenters. The van der Waals surface area contributed by atoms with E-state index in [-0.39, 0.29) is 18.4 Å². The molecule has 0 spiro atoms. The number of carbonyl (C=O) groups is 3. The second-order valence-electron chi connectivity index (χ2n) is 6.67. The van der Waals surface area contributed by atoms with Crippen molar-refractivity contribution in [2.75, 3.05) is 11.9 Å². The molecule has 0 aliphatic carbocycles. The summed E-state index contributed by atoms with van der Waals surface area (Å²) in [5.74, 6) is -0.494. The number of amides is 4. The van der Waals surface area contributed by atoms with Gasteiger partial charge in [0, 0.05) is 5.69 Å². The van der Waals surface area contributed by atoms with Crippen LogP contribution in [-0.4, -0.2) is 34.8 Å². The van der Waals surface area contributed by atoms with Gasteiger partial charge in [-0.1, -0.05) is 31.5 Å². The van der Waals surface area contributed by atoms with E-state index in [1.807, 2.05) is 32.9 Å². The van der Waals surface area contributed by atoms with Crippen molar-refractivity contribution in [2.24, 2.45) is 5.92 Å². The molecule has 1 aromatic rings. The monoisotopic (exact) mass is 317 g/mol. The molecule has 1 aliphatic heterocycles. The molecule has 2 rings (SSSR count). The predicted molar refractivity (Wildman–Crippen MR) is 87.9 cm³/mol. The number of benzene rings is 1. The zero-order valence-corrected chi connectivity index (χ0v) is 14.0. The predicted octanol–water partition coefficient (Wildman–Crippen LogP) is 2.29. The number of nitrogens with one attached hydrogen (secondary N) is 2. The molecule has 0 saturated carbocycles. The maximum Gasteiger partial charge on any atom is 0.325 e. The molecule has 1 aromatic carbocycles. The largest absolute Gasteiger partial charge is 0.325 e. The lowest BCUT2D eigenvalue weighted by molar-refractivity contribution is -0.133. The Balaban J connectivity index is 2.02. The summed E-state index contributed by atoms with van der Waals surface area (Å²) in [5, 5.41) is 5.39. The summed E-state index contributed by atoms with van der Waals surface area (Å²) in [5.41, 5.74) is 0.786. The van der Waals surface area contributed by atoms with E-state index in [0.717, 1.165) is 10.5 Å². The first-order valence-corrected chi connectivity index (χ1v) is 7.72. The zero-order valence-electron chi connectivity index (χ0n) is 14.0. The number of rotatable bonds is 5. The fourth-order valence-electron chi connectivity index (χ4n) is 2.83. The molecule has 23 heavy (non-hydrogen) atoms. The zero-order chi connectivity index (χ0) is 17.2. The fourth-order valence-corrected chi connectivity index (χ4v) is 2.83. The van der Waals surface area contributed by atoms with E-state index in [2.05, 4.69) is 10.6 Å². The van der Waals surface area contributed by atoms with Crippen LogP contribution < -0.4 is 10.6 Å². The molecular formula is C17H23N3O3. The van der Waals surface area contributed by atoms with Gasteiger partial charge in [-0.15, -0.1) is 0 Å². The summed E-state index contributed by atoms with van der Waals surface area (Å²) < 4.78 is 0. The van der Waals surface area contributed by atoms with Crippen molar-refractivity contribution in [2.45, 2.75) is 39.7 Å². The molecule has 0 radical (unpaired) electrons. The van der Waals surface area contributed by atoms with Crippen molar-refractivity contribution in [3.05, 3.63) is 29.8 Å². The number of nitrogens with zero attached hydrogens (tertiary/aromatic N) is 1. The lowest BCUT2D eigenvalue weighted by Gasteiger charge is -2.23. The van der Waals surface area contributed by atoms with Crippen LogP contribution in [0.5, 0.6) is 0 Å². The highest BCUT2D eigenvalue weighted by Gasteiger charge is 2.48. The molecule has 1 aliphatic rings. The number of imide groups is 1. The fraction of sp³-hybridized carbons (Fsp3) is 0.471. The summed E-state index contributed by atoms with van der Waals surface area (Å²) >= 11 is 0. The van der Waals surface area contributed by atoms with Crippen molar-refractivity contribution in [3.63, 3.8) is 0 Å². The van der Waals surface area contributed by atoms with Gasteiger partial charge in [0.05, 0.1) is 0 Å². The van der Waals surface area contributed by atoms with Crippen LogP contribution in [0.4, 0.5) is 10.5 Å². The van der Waals surface area contributed by atoms with E-state index in [1.54, 1.807) is 19.1 Å². The quantitative estimate of drug-likeness (QED) is 0.818. The van der Waals surface area contributed by atoms with Crippen LogP contribution in [0.15, 0.2) is 24.3 Å². The van der Waals surface area contributed by atoms with Gasteiger partial charge in [0.15, 0.2) is 0 Å². The number of urea groups is 1. The Hall–Kier alpha value is -2.37. The molecule has 1 heterocycles. The number of aryl methyl sites for hydroxylation is 1. The topological polar surface area (TPSA) is 78.5 Å². The van der Waals surface area contributed by atoms with Crippen molar-refractivity contribution < 1.29 is 14.4 Å². The second-order valence-corrected chi connectivity index (χ2v) is 6.67. The number of hydrogen-bond donors (Lipinski definition) is 2. The van der Waals surface area contributed by atoms with Gasteiger partial charge >= 0.3 is 6.03 Å². The van der Waals surface area contributed by atoms with Crippen molar-refractivity contribution >= 4 is 23.5 Å². The van der Waals surface area contributed by atoms with Crippen LogP contribution in [-0.2, 0) is 9.59 Å². The normalized spacial score (nSPS) is 20.8. The van der Waals surface area contributed by atoms with E-state index in [9.17, 15) is 14.4 Å². The van der Waals surface area contributed by atoms with Gasteiger partial charge in [0.25, 0.3) is 5.91 Å². The smallest absolute Gasteiger partial charge is 0.325 e. The first-order chi connectivity index (χ1) is 10.7. The van der Waals surface area contributed by atoms with Gasteiger partial charge in [0.1, 0.15) is 12.1 Å². The van der Waals surface area contributed by atoms with E-state index in [4.69, 9.17) is 0 Å². The maximum absolute atomic E-state index is 12.5. The van der Waals surface area contributed by atoms with Gasteiger partial charge in [-0.2, -0.15) is 0 Å². The van der Waals surface area contributed by atoms with Gasteiger partial charge < -0.3 is 10.6 Å². The number of hydrogen-bond acceptors (Lipinski definition) is 3. The molecule has 6 nitrogen and oxygen atoms in total. The van der Waals surface area contributed by atoms with E-state index >= 15 is 0 Å². The molecule has 124 valence electrons. The summed E-state index contributed by atoms with van der Waals surface area (Å²) in [7, 11) is 0. The van der Waals surface area contributed by atoms with Crippen LogP contribution in [0.3, 0.4) is 0 Å². The Kier molecular flexibility index (Phi) is 4.73. The summed E-state index contributed by atoms with van der Waals surface area (Å²) in [6.07, 6.45) is 0.535. The minimum absolute atomic E-state index is 0.255. The third-order valence-corrected chi connectivity index (χ3v) is 3.80. The molecule has 0 bridgehead atoms. The van der Waals surface area contributed by atoms with Gasteiger partial charge in [-0.3, -0.25) is 14.5 Å². The minimum atomic E-state index is -0.935.